The first-order chi connectivity index (χ1) is 13.9. The Morgan fingerprint density at radius 1 is 1.03 bits per heavy atom. The third-order valence-electron chi connectivity index (χ3n) is 4.18. The van der Waals surface area contributed by atoms with Crippen LogP contribution in [0.4, 0.5) is 22.9 Å². The van der Waals surface area contributed by atoms with E-state index in [0.29, 0.717) is 22.8 Å². The van der Waals surface area contributed by atoms with E-state index in [0.717, 1.165) is 11.4 Å². The molecule has 1 amide bonds. The van der Waals surface area contributed by atoms with Crippen LogP contribution in [0.25, 0.3) is 0 Å². The summed E-state index contributed by atoms with van der Waals surface area (Å²) in [4.78, 5) is 19.1. The van der Waals surface area contributed by atoms with Crippen molar-refractivity contribution in [2.45, 2.75) is 20.0 Å². The van der Waals surface area contributed by atoms with Gasteiger partial charge in [0.1, 0.15) is 11.6 Å². The summed E-state index contributed by atoms with van der Waals surface area (Å²) >= 11 is 0. The van der Waals surface area contributed by atoms with Crippen molar-refractivity contribution >= 4 is 28.8 Å². The largest absolute Gasteiger partial charge is 0.489 e. The summed E-state index contributed by atoms with van der Waals surface area (Å²) in [7, 11) is 3.99. The normalized spacial score (nSPS) is 10.5. The summed E-state index contributed by atoms with van der Waals surface area (Å²) < 4.78 is 5.77. The molecule has 1 heterocycles. The van der Waals surface area contributed by atoms with Crippen molar-refractivity contribution in [3.63, 3.8) is 0 Å². The predicted octanol–water partition coefficient (Wildman–Crippen LogP) is 4.93. The number of anilines is 4. The molecule has 3 rings (SSSR count). The van der Waals surface area contributed by atoms with Crippen LogP contribution in [-0.4, -0.2) is 31.1 Å². The standard InChI is InChI=1S/C23H26N4O2/c1-16(2)29-21-8-6-5-7-20(21)26-23(28)17-13-14-24-22(15-17)25-18-9-11-19(12-10-18)27(3)4/h5-16H,1-4H3,(H,24,25)(H,26,28). The van der Waals surface area contributed by atoms with Gasteiger partial charge < -0.3 is 20.3 Å². The topological polar surface area (TPSA) is 66.5 Å². The Balaban J connectivity index is 1.73. The number of nitrogens with zero attached hydrogens (tertiary/aromatic N) is 2. The van der Waals surface area contributed by atoms with Gasteiger partial charge >= 0.3 is 0 Å². The molecule has 2 aromatic carbocycles. The number of amides is 1. The third kappa shape index (κ3) is 5.48. The number of pyridine rings is 1. The molecule has 6 heteroatoms. The fourth-order valence-corrected chi connectivity index (χ4v) is 2.75. The Kier molecular flexibility index (Phi) is 6.34. The van der Waals surface area contributed by atoms with E-state index in [4.69, 9.17) is 4.74 Å². The Bertz CT molecular complexity index is 969. The molecule has 0 radical (unpaired) electrons. The van der Waals surface area contributed by atoms with E-state index in [-0.39, 0.29) is 12.0 Å². The molecule has 0 aliphatic carbocycles. The number of hydrogen-bond donors (Lipinski definition) is 2. The van der Waals surface area contributed by atoms with E-state index >= 15 is 0 Å². The number of ether oxygens (including phenoxy) is 1. The fourth-order valence-electron chi connectivity index (χ4n) is 2.75. The van der Waals surface area contributed by atoms with Crippen LogP contribution in [0.3, 0.4) is 0 Å². The zero-order valence-electron chi connectivity index (χ0n) is 17.1. The second kappa shape index (κ2) is 9.10. The van der Waals surface area contributed by atoms with Crippen LogP contribution >= 0.6 is 0 Å². The van der Waals surface area contributed by atoms with Crippen molar-refractivity contribution < 1.29 is 9.53 Å². The maximum absolute atomic E-state index is 12.7. The number of benzene rings is 2. The first kappa shape index (κ1) is 20.2. The SMILES string of the molecule is CC(C)Oc1ccccc1NC(=O)c1ccnc(Nc2ccc(N(C)C)cc2)c1. The smallest absolute Gasteiger partial charge is 0.255 e. The Hall–Kier alpha value is -3.54. The monoisotopic (exact) mass is 390 g/mol. The lowest BCUT2D eigenvalue weighted by atomic mass is 10.2. The summed E-state index contributed by atoms with van der Waals surface area (Å²) in [5, 5.41) is 6.15. The van der Waals surface area contributed by atoms with Gasteiger partial charge in [-0.2, -0.15) is 0 Å². The van der Waals surface area contributed by atoms with Gasteiger partial charge in [-0.1, -0.05) is 12.1 Å². The minimum atomic E-state index is -0.224. The van der Waals surface area contributed by atoms with E-state index in [1.807, 2.05) is 81.4 Å². The molecule has 0 atom stereocenters. The highest BCUT2D eigenvalue weighted by atomic mass is 16.5. The molecule has 0 saturated carbocycles. The van der Waals surface area contributed by atoms with Crippen LogP contribution in [0.2, 0.25) is 0 Å². The minimum Gasteiger partial charge on any atom is -0.489 e. The molecule has 29 heavy (non-hydrogen) atoms. The van der Waals surface area contributed by atoms with Crippen molar-refractivity contribution in [2.75, 3.05) is 29.6 Å². The highest BCUT2D eigenvalue weighted by Gasteiger charge is 2.12. The van der Waals surface area contributed by atoms with Gasteiger partial charge in [0.25, 0.3) is 5.91 Å². The minimum absolute atomic E-state index is 0.0173. The van der Waals surface area contributed by atoms with Gasteiger partial charge in [0.2, 0.25) is 0 Å². The summed E-state index contributed by atoms with van der Waals surface area (Å²) in [5.74, 6) is 1.02. The van der Waals surface area contributed by atoms with Gasteiger partial charge in [-0.05, 0) is 62.4 Å². The molecule has 0 aliphatic heterocycles. The molecule has 3 aromatic rings. The molecule has 0 bridgehead atoms. The van der Waals surface area contributed by atoms with Crippen LogP contribution < -0.4 is 20.3 Å². The number of hydrogen-bond acceptors (Lipinski definition) is 5. The lowest BCUT2D eigenvalue weighted by Crippen LogP contribution is -2.14. The molecule has 6 nitrogen and oxygen atoms in total. The highest BCUT2D eigenvalue weighted by molar-refractivity contribution is 6.05. The predicted molar refractivity (Wildman–Crippen MR) is 118 cm³/mol. The van der Waals surface area contributed by atoms with E-state index < -0.39 is 0 Å². The summed E-state index contributed by atoms with van der Waals surface area (Å²) in [6, 6.07) is 18.8. The molecule has 0 fully saturated rings. The first-order valence-electron chi connectivity index (χ1n) is 9.50. The number of aromatic nitrogens is 1. The van der Waals surface area contributed by atoms with Crippen LogP contribution in [0.5, 0.6) is 5.75 Å². The van der Waals surface area contributed by atoms with Crippen LogP contribution in [0, 0.1) is 0 Å². The lowest BCUT2D eigenvalue weighted by Gasteiger charge is -2.15. The van der Waals surface area contributed by atoms with Crippen molar-refractivity contribution in [2.24, 2.45) is 0 Å². The second-order valence-corrected chi connectivity index (χ2v) is 7.11. The molecule has 150 valence electrons. The summed E-state index contributed by atoms with van der Waals surface area (Å²) in [5.41, 5.74) is 3.15. The summed E-state index contributed by atoms with van der Waals surface area (Å²) in [6.07, 6.45) is 1.63. The number of carbonyl (C=O) groups is 1. The number of nitrogens with one attached hydrogen (secondary N) is 2. The van der Waals surface area contributed by atoms with Crippen LogP contribution in [0.15, 0.2) is 66.9 Å². The third-order valence-corrected chi connectivity index (χ3v) is 4.18. The van der Waals surface area contributed by atoms with Crippen LogP contribution in [0.1, 0.15) is 24.2 Å². The lowest BCUT2D eigenvalue weighted by molar-refractivity contribution is 0.102. The zero-order valence-corrected chi connectivity index (χ0v) is 17.1. The molecular weight excluding hydrogens is 364 g/mol. The molecular formula is C23H26N4O2. The van der Waals surface area contributed by atoms with Crippen molar-refractivity contribution in [1.29, 1.82) is 0 Å². The molecule has 0 aliphatic rings. The second-order valence-electron chi connectivity index (χ2n) is 7.11. The van der Waals surface area contributed by atoms with Gasteiger partial charge in [0.05, 0.1) is 11.8 Å². The van der Waals surface area contributed by atoms with Gasteiger partial charge in [-0.15, -0.1) is 0 Å². The zero-order chi connectivity index (χ0) is 20.8. The summed E-state index contributed by atoms with van der Waals surface area (Å²) in [6.45, 7) is 3.90. The molecule has 0 saturated heterocycles. The number of rotatable bonds is 7. The van der Waals surface area contributed by atoms with E-state index in [1.165, 1.54) is 0 Å². The van der Waals surface area contributed by atoms with Crippen molar-refractivity contribution in [3.05, 3.63) is 72.4 Å². The van der Waals surface area contributed by atoms with E-state index in [9.17, 15) is 4.79 Å². The fraction of sp³-hybridized carbons (Fsp3) is 0.217. The van der Waals surface area contributed by atoms with E-state index in [1.54, 1.807) is 18.3 Å². The van der Waals surface area contributed by atoms with Gasteiger partial charge in [0, 0.05) is 37.2 Å². The Labute approximate surface area is 171 Å². The van der Waals surface area contributed by atoms with E-state index in [2.05, 4.69) is 15.6 Å². The average molecular weight is 390 g/mol. The highest BCUT2D eigenvalue weighted by Crippen LogP contribution is 2.26. The van der Waals surface area contributed by atoms with Crippen molar-refractivity contribution in [3.8, 4) is 5.75 Å². The van der Waals surface area contributed by atoms with Gasteiger partial charge in [0.15, 0.2) is 0 Å². The number of carbonyl (C=O) groups excluding carboxylic acids is 1. The van der Waals surface area contributed by atoms with Crippen molar-refractivity contribution in [1.82, 2.24) is 4.98 Å². The first-order valence-corrected chi connectivity index (χ1v) is 9.50. The maximum Gasteiger partial charge on any atom is 0.255 e. The maximum atomic E-state index is 12.7. The Morgan fingerprint density at radius 2 is 1.76 bits per heavy atom. The van der Waals surface area contributed by atoms with Gasteiger partial charge in [-0.3, -0.25) is 4.79 Å². The number of para-hydroxylation sites is 2. The van der Waals surface area contributed by atoms with Crippen LogP contribution in [-0.2, 0) is 0 Å². The molecule has 2 N–H and O–H groups in total. The average Bonchev–Trinajstić information content (AvgIpc) is 2.69. The molecule has 0 spiro atoms. The van der Waals surface area contributed by atoms with Gasteiger partial charge in [-0.25, -0.2) is 4.98 Å². The quantitative estimate of drug-likeness (QED) is 0.599. The molecule has 1 aromatic heterocycles. The Morgan fingerprint density at radius 3 is 2.45 bits per heavy atom. The molecule has 0 unspecified atom stereocenters.